The quantitative estimate of drug-likeness (QED) is 0.671. The number of hydrogen-bond donors (Lipinski definition) is 2. The molecule has 0 aliphatic heterocycles. The summed E-state index contributed by atoms with van der Waals surface area (Å²) in [6, 6.07) is -0.433. The van der Waals surface area contributed by atoms with Gasteiger partial charge in [-0.25, -0.2) is 17.9 Å². The monoisotopic (exact) mass is 354 g/mol. The Bertz CT molecular complexity index is 711. The Morgan fingerprint density at radius 1 is 1.32 bits per heavy atom. The van der Waals surface area contributed by atoms with Crippen LogP contribution in [-0.2, 0) is 24.1 Å². The lowest BCUT2D eigenvalue weighted by Crippen LogP contribution is -2.45. The maximum atomic E-state index is 12.3. The van der Waals surface area contributed by atoms with Crippen molar-refractivity contribution in [1.29, 1.82) is 0 Å². The zero-order chi connectivity index (χ0) is 16.2. The summed E-state index contributed by atoms with van der Waals surface area (Å²) in [6.07, 6.45) is 3.37. The first kappa shape index (κ1) is 20.8. The van der Waals surface area contributed by atoms with Crippen LogP contribution < -0.4 is 21.7 Å². The summed E-state index contributed by atoms with van der Waals surface area (Å²) in [4.78, 5) is 23.1. The lowest BCUT2D eigenvalue weighted by molar-refractivity contribution is 0.513. The number of hydrogen-bond acceptors (Lipinski definition) is 5. The van der Waals surface area contributed by atoms with Crippen molar-refractivity contribution in [3.8, 4) is 0 Å². The second-order valence-electron chi connectivity index (χ2n) is 4.95. The fraction of sp³-hybridized carbons (Fsp3) is 0.667. The van der Waals surface area contributed by atoms with E-state index in [4.69, 9.17) is 5.73 Å². The minimum atomic E-state index is -4.02. The van der Waals surface area contributed by atoms with E-state index in [0.29, 0.717) is 6.42 Å². The molecular weight excluding hydrogens is 332 g/mol. The summed E-state index contributed by atoms with van der Waals surface area (Å²) in [5, 5.41) is 0. The lowest BCUT2D eigenvalue weighted by atomic mass is 10.1. The third-order valence-corrected chi connectivity index (χ3v) is 4.72. The number of sulfonamides is 1. The van der Waals surface area contributed by atoms with Crippen molar-refractivity contribution in [3.63, 3.8) is 0 Å². The normalized spacial score (nSPS) is 12.7. The van der Waals surface area contributed by atoms with Crippen molar-refractivity contribution < 1.29 is 8.42 Å². The van der Waals surface area contributed by atoms with E-state index in [1.54, 1.807) is 0 Å². The minimum absolute atomic E-state index is 0. The van der Waals surface area contributed by atoms with E-state index < -0.39 is 32.2 Å². The maximum absolute atomic E-state index is 12.3. The summed E-state index contributed by atoms with van der Waals surface area (Å²) in [6.45, 7) is 2.14. The number of nitrogens with zero attached hydrogens (tertiary/aromatic N) is 2. The molecule has 1 atom stereocenters. The van der Waals surface area contributed by atoms with Crippen LogP contribution in [-0.4, -0.2) is 30.1 Å². The summed E-state index contributed by atoms with van der Waals surface area (Å²) in [5.41, 5.74) is 4.12. The van der Waals surface area contributed by atoms with Gasteiger partial charge in [0.25, 0.3) is 5.56 Å². The predicted molar refractivity (Wildman–Crippen MR) is 86.9 cm³/mol. The summed E-state index contributed by atoms with van der Waals surface area (Å²) >= 11 is 0. The highest BCUT2D eigenvalue weighted by atomic mass is 35.5. The van der Waals surface area contributed by atoms with Crippen molar-refractivity contribution in [1.82, 2.24) is 13.9 Å². The molecule has 0 amide bonds. The molecular formula is C12H23ClN4O4S. The van der Waals surface area contributed by atoms with Gasteiger partial charge in [-0.1, -0.05) is 19.8 Å². The van der Waals surface area contributed by atoms with Gasteiger partial charge in [-0.2, -0.15) is 0 Å². The smallest absolute Gasteiger partial charge is 0.329 e. The van der Waals surface area contributed by atoms with E-state index in [1.807, 2.05) is 6.92 Å². The first-order chi connectivity index (χ1) is 9.74. The molecule has 0 fully saturated rings. The van der Waals surface area contributed by atoms with E-state index in [2.05, 4.69) is 4.72 Å². The third-order valence-electron chi connectivity index (χ3n) is 3.22. The van der Waals surface area contributed by atoms with Gasteiger partial charge in [-0.05, 0) is 6.42 Å². The molecule has 0 aromatic carbocycles. The van der Waals surface area contributed by atoms with Crippen molar-refractivity contribution in [2.24, 2.45) is 19.8 Å². The van der Waals surface area contributed by atoms with Crippen molar-refractivity contribution in [2.45, 2.75) is 37.1 Å². The molecule has 1 rings (SSSR count). The van der Waals surface area contributed by atoms with Crippen LogP contribution >= 0.6 is 12.4 Å². The van der Waals surface area contributed by atoms with E-state index in [1.165, 1.54) is 14.1 Å². The van der Waals surface area contributed by atoms with Gasteiger partial charge in [0, 0.05) is 32.9 Å². The largest absolute Gasteiger partial charge is 0.330 e. The Kier molecular flexibility index (Phi) is 8.02. The van der Waals surface area contributed by atoms with Crippen LogP contribution in [0.2, 0.25) is 0 Å². The van der Waals surface area contributed by atoms with Crippen LogP contribution in [0.15, 0.2) is 20.7 Å². The van der Waals surface area contributed by atoms with Gasteiger partial charge in [0.1, 0.15) is 0 Å². The SMILES string of the molecule is CCCCC(CN)NS(=O)(=O)c1cn(C)c(=O)n(C)c1=O.Cl. The Hall–Kier alpha value is -1.16. The van der Waals surface area contributed by atoms with Crippen LogP contribution in [0.4, 0.5) is 0 Å². The molecule has 0 aliphatic carbocycles. The molecule has 8 nitrogen and oxygen atoms in total. The van der Waals surface area contributed by atoms with Gasteiger partial charge < -0.3 is 10.3 Å². The topological polar surface area (TPSA) is 116 Å². The van der Waals surface area contributed by atoms with Gasteiger partial charge in [0.15, 0.2) is 4.90 Å². The Morgan fingerprint density at radius 3 is 2.41 bits per heavy atom. The number of halogens is 1. The Labute approximate surface area is 135 Å². The zero-order valence-corrected chi connectivity index (χ0v) is 14.5. The molecule has 128 valence electrons. The van der Waals surface area contributed by atoms with E-state index in [-0.39, 0.29) is 19.0 Å². The predicted octanol–water partition coefficient (Wildman–Crippen LogP) is -0.698. The molecule has 3 N–H and O–H groups in total. The number of aryl methyl sites for hydroxylation is 1. The van der Waals surface area contributed by atoms with Crippen LogP contribution in [0.25, 0.3) is 0 Å². The lowest BCUT2D eigenvalue weighted by Gasteiger charge is -2.16. The summed E-state index contributed by atoms with van der Waals surface area (Å²) in [5.74, 6) is 0. The standard InChI is InChI=1S/C12H22N4O4S.ClH/c1-4-5-6-9(7-13)14-21(19,20)10-8-15(2)12(18)16(3)11(10)17;/h8-9,14H,4-7,13H2,1-3H3;1H. The highest BCUT2D eigenvalue weighted by Crippen LogP contribution is 2.05. The molecule has 1 aromatic rings. The molecule has 1 heterocycles. The average molecular weight is 355 g/mol. The fourth-order valence-corrected chi connectivity index (χ4v) is 3.36. The van der Waals surface area contributed by atoms with Crippen molar-refractivity contribution in [2.75, 3.05) is 6.54 Å². The molecule has 0 aliphatic rings. The zero-order valence-electron chi connectivity index (χ0n) is 12.9. The van der Waals surface area contributed by atoms with Gasteiger partial charge >= 0.3 is 5.69 Å². The molecule has 0 bridgehead atoms. The van der Waals surface area contributed by atoms with Gasteiger partial charge in [-0.15, -0.1) is 12.4 Å². The van der Waals surface area contributed by atoms with Gasteiger partial charge in [0.05, 0.1) is 0 Å². The summed E-state index contributed by atoms with van der Waals surface area (Å²) in [7, 11) is -1.39. The first-order valence-corrected chi connectivity index (χ1v) is 8.22. The molecule has 0 saturated heterocycles. The first-order valence-electron chi connectivity index (χ1n) is 6.73. The molecule has 0 radical (unpaired) electrons. The second kappa shape index (κ2) is 8.47. The van der Waals surface area contributed by atoms with Crippen LogP contribution in [0.5, 0.6) is 0 Å². The Morgan fingerprint density at radius 2 is 1.91 bits per heavy atom. The molecule has 1 unspecified atom stereocenters. The molecule has 10 heteroatoms. The fourth-order valence-electron chi connectivity index (χ4n) is 1.92. The van der Waals surface area contributed by atoms with E-state index >= 15 is 0 Å². The highest BCUT2D eigenvalue weighted by Gasteiger charge is 2.24. The molecule has 1 aromatic heterocycles. The Balaban J connectivity index is 0.00000441. The van der Waals surface area contributed by atoms with Crippen LogP contribution in [0, 0.1) is 0 Å². The van der Waals surface area contributed by atoms with Gasteiger partial charge in [-0.3, -0.25) is 9.36 Å². The summed E-state index contributed by atoms with van der Waals surface area (Å²) < 4.78 is 28.9. The molecule has 0 spiro atoms. The van der Waals surface area contributed by atoms with E-state index in [0.717, 1.165) is 28.2 Å². The number of unbranched alkanes of at least 4 members (excludes halogenated alkanes) is 1. The maximum Gasteiger partial charge on any atom is 0.330 e. The number of rotatable bonds is 7. The minimum Gasteiger partial charge on any atom is -0.329 e. The van der Waals surface area contributed by atoms with Gasteiger partial charge in [0.2, 0.25) is 10.0 Å². The number of nitrogens with one attached hydrogen (secondary N) is 1. The molecule has 22 heavy (non-hydrogen) atoms. The number of aromatic nitrogens is 2. The van der Waals surface area contributed by atoms with E-state index in [9.17, 15) is 18.0 Å². The third kappa shape index (κ3) is 4.67. The van der Waals surface area contributed by atoms with Crippen LogP contribution in [0.1, 0.15) is 26.2 Å². The van der Waals surface area contributed by atoms with Crippen LogP contribution in [0.3, 0.4) is 0 Å². The molecule has 0 saturated carbocycles. The average Bonchev–Trinajstić information content (AvgIpc) is 2.44. The number of nitrogens with two attached hydrogens (primary N) is 1. The second-order valence-corrected chi connectivity index (χ2v) is 6.63. The van der Waals surface area contributed by atoms with Crippen molar-refractivity contribution in [3.05, 3.63) is 27.0 Å². The highest BCUT2D eigenvalue weighted by molar-refractivity contribution is 7.89. The van der Waals surface area contributed by atoms with Crippen molar-refractivity contribution >= 4 is 22.4 Å².